The Balaban J connectivity index is 1.68. The van der Waals surface area contributed by atoms with Crippen molar-refractivity contribution < 1.29 is 24.9 Å². The van der Waals surface area contributed by atoms with Crippen LogP contribution in [-0.2, 0) is 9.53 Å². The number of nitrogens with two attached hydrogens (primary N) is 1. The summed E-state index contributed by atoms with van der Waals surface area (Å²) in [7, 11) is 0. The zero-order valence-electron chi connectivity index (χ0n) is 16.4. The zero-order valence-corrected chi connectivity index (χ0v) is 16.4. The number of nitrogens with one attached hydrogen (secondary N) is 1. The molecule has 1 saturated carbocycles. The highest BCUT2D eigenvalue weighted by Gasteiger charge is 2.47. The first kappa shape index (κ1) is 20.5. The number of hydrogen-bond donors (Lipinski definition) is 5. The Morgan fingerprint density at radius 1 is 1.37 bits per heavy atom. The number of imidazole rings is 1. The number of aliphatic hydroxyl groups excluding tert-OH is 2. The Labute approximate surface area is 172 Å². The fourth-order valence-electron chi connectivity index (χ4n) is 3.82. The van der Waals surface area contributed by atoms with E-state index < -0.39 is 36.0 Å². The third-order valence-electron chi connectivity index (χ3n) is 5.41. The number of rotatable bonds is 3. The molecule has 11 heteroatoms. The number of carbonyl (C=O) groups excluding carboxylic acids is 1. The number of amides is 1. The lowest BCUT2D eigenvalue weighted by Crippen LogP contribution is -2.42. The fraction of sp³-hybridized carbons (Fsp3) is 0.579. The lowest BCUT2D eigenvalue weighted by atomic mass is 10.0. The van der Waals surface area contributed by atoms with Crippen molar-refractivity contribution in [3.8, 4) is 11.8 Å². The van der Waals surface area contributed by atoms with E-state index >= 15 is 0 Å². The van der Waals surface area contributed by atoms with E-state index in [9.17, 15) is 20.1 Å². The van der Waals surface area contributed by atoms with Crippen molar-refractivity contribution in [1.82, 2.24) is 24.8 Å². The lowest BCUT2D eigenvalue weighted by molar-refractivity contribution is -0.137. The van der Waals surface area contributed by atoms with Crippen LogP contribution in [0.1, 0.15) is 44.7 Å². The Morgan fingerprint density at radius 3 is 2.80 bits per heavy atom. The van der Waals surface area contributed by atoms with Gasteiger partial charge in [0.05, 0.1) is 6.33 Å². The van der Waals surface area contributed by atoms with E-state index in [4.69, 9.17) is 10.5 Å². The number of carbonyl (C=O) groups is 1. The molecule has 0 spiro atoms. The molecule has 0 radical (unpaired) electrons. The van der Waals surface area contributed by atoms with Gasteiger partial charge in [-0.2, -0.15) is 0 Å². The molecule has 6 N–H and O–H groups in total. The highest BCUT2D eigenvalue weighted by atomic mass is 16.6. The minimum absolute atomic E-state index is 0.0785. The first-order valence-electron chi connectivity index (χ1n) is 9.88. The van der Waals surface area contributed by atoms with Gasteiger partial charge in [0.25, 0.3) is 5.91 Å². The highest BCUT2D eigenvalue weighted by Crippen LogP contribution is 2.32. The van der Waals surface area contributed by atoms with Gasteiger partial charge in [0.1, 0.15) is 23.3 Å². The van der Waals surface area contributed by atoms with Crippen molar-refractivity contribution in [2.45, 2.75) is 62.7 Å². The molecule has 4 atom stereocenters. The van der Waals surface area contributed by atoms with Gasteiger partial charge in [-0.3, -0.25) is 9.36 Å². The van der Waals surface area contributed by atoms with E-state index in [2.05, 4.69) is 32.1 Å². The minimum atomic E-state index is -1.42. The topological polar surface area (TPSA) is 169 Å². The predicted molar refractivity (Wildman–Crippen MR) is 105 cm³/mol. The molecular formula is C19H24N6O5. The van der Waals surface area contributed by atoms with E-state index in [-0.39, 0.29) is 22.8 Å². The number of aliphatic hydroxyl groups is 3. The second-order valence-electron chi connectivity index (χ2n) is 7.57. The Hall–Kier alpha value is -2.78. The van der Waals surface area contributed by atoms with E-state index in [1.807, 2.05) is 0 Å². The molecule has 30 heavy (non-hydrogen) atoms. The van der Waals surface area contributed by atoms with Gasteiger partial charge in [0, 0.05) is 6.54 Å². The number of nitrogen functional groups attached to an aromatic ring is 1. The molecule has 3 heterocycles. The fourth-order valence-corrected chi connectivity index (χ4v) is 3.82. The Morgan fingerprint density at radius 2 is 2.10 bits per heavy atom. The van der Waals surface area contributed by atoms with Crippen LogP contribution in [0.15, 0.2) is 6.33 Å². The molecule has 1 saturated heterocycles. The first-order valence-corrected chi connectivity index (χ1v) is 9.88. The molecule has 0 aromatic carbocycles. The van der Waals surface area contributed by atoms with Gasteiger partial charge >= 0.3 is 0 Å². The number of ether oxygens (including phenoxy) is 1. The smallest absolute Gasteiger partial charge is 0.252 e. The molecule has 0 bridgehead atoms. The average Bonchev–Trinajstić information content (AvgIpc) is 3.40. The van der Waals surface area contributed by atoms with Crippen LogP contribution in [0.3, 0.4) is 0 Å². The first-order chi connectivity index (χ1) is 14.3. The second kappa shape index (κ2) is 7.81. The molecule has 1 aliphatic heterocycles. The van der Waals surface area contributed by atoms with Crippen molar-refractivity contribution in [3.63, 3.8) is 0 Å². The summed E-state index contributed by atoms with van der Waals surface area (Å²) in [6.45, 7) is 2.10. The van der Waals surface area contributed by atoms with Crippen LogP contribution in [0, 0.1) is 11.8 Å². The van der Waals surface area contributed by atoms with Crippen LogP contribution < -0.4 is 11.1 Å². The number of hydrogen-bond acceptors (Lipinski definition) is 9. The number of likely N-dealkylation sites (N-methyl/N-ethyl adjacent to an activating group) is 1. The van der Waals surface area contributed by atoms with Crippen LogP contribution in [0.4, 0.5) is 5.82 Å². The van der Waals surface area contributed by atoms with Gasteiger partial charge in [-0.15, -0.1) is 0 Å². The van der Waals surface area contributed by atoms with Gasteiger partial charge in [-0.1, -0.05) is 5.92 Å². The van der Waals surface area contributed by atoms with Crippen molar-refractivity contribution in [2.24, 2.45) is 0 Å². The van der Waals surface area contributed by atoms with E-state index in [0.29, 0.717) is 19.4 Å². The normalized spacial score (nSPS) is 27.7. The van der Waals surface area contributed by atoms with Gasteiger partial charge < -0.3 is 31.1 Å². The van der Waals surface area contributed by atoms with E-state index in [1.165, 1.54) is 10.9 Å². The summed E-state index contributed by atoms with van der Waals surface area (Å²) in [5.74, 6) is 5.24. The van der Waals surface area contributed by atoms with E-state index in [0.717, 1.165) is 12.8 Å². The summed E-state index contributed by atoms with van der Waals surface area (Å²) < 4.78 is 7.01. The Bertz CT molecular complexity index is 1020. The quantitative estimate of drug-likeness (QED) is 0.387. The molecule has 2 aromatic heterocycles. The largest absolute Gasteiger partial charge is 0.387 e. The summed E-state index contributed by atoms with van der Waals surface area (Å²) in [6.07, 6.45) is -0.803. The maximum Gasteiger partial charge on any atom is 0.252 e. The number of nitrogens with zero attached hydrogens (tertiary/aromatic N) is 4. The summed E-state index contributed by atoms with van der Waals surface area (Å²) in [5, 5.41) is 33.7. The predicted octanol–water partition coefficient (Wildman–Crippen LogP) is -1.18. The SMILES string of the molecule is CCNC(=O)[C@H]1O[C@@H](n2cnc3c(N)nc(C#CC4(O)CCCC4)nc32)C(O)[C@H]1O. The summed E-state index contributed by atoms with van der Waals surface area (Å²) in [4.78, 5) is 24.7. The minimum Gasteiger partial charge on any atom is -0.387 e. The molecule has 1 amide bonds. The van der Waals surface area contributed by atoms with Crippen molar-refractivity contribution in [2.75, 3.05) is 12.3 Å². The molecule has 1 unspecified atom stereocenters. The van der Waals surface area contributed by atoms with Crippen molar-refractivity contribution in [1.29, 1.82) is 0 Å². The number of anilines is 1. The van der Waals surface area contributed by atoms with Crippen LogP contribution in [0.5, 0.6) is 0 Å². The van der Waals surface area contributed by atoms with Gasteiger partial charge in [-0.05, 0) is 38.5 Å². The van der Waals surface area contributed by atoms with Crippen molar-refractivity contribution >= 4 is 22.9 Å². The molecule has 2 aromatic rings. The summed E-state index contributed by atoms with van der Waals surface area (Å²) in [6, 6.07) is 0. The Kier molecular flexibility index (Phi) is 5.33. The third-order valence-corrected chi connectivity index (χ3v) is 5.41. The number of fused-ring (bicyclic) bond motifs is 1. The molecule has 2 aliphatic rings. The summed E-state index contributed by atoms with van der Waals surface area (Å²) >= 11 is 0. The highest BCUT2D eigenvalue weighted by molar-refractivity contribution is 5.83. The van der Waals surface area contributed by atoms with Crippen LogP contribution in [0.2, 0.25) is 0 Å². The standard InChI is InChI=1S/C19H24N6O5/c1-2-21-17(28)14-12(26)13(27)18(30-14)25-9-22-11-15(20)23-10(24-16(11)25)5-8-19(29)6-3-4-7-19/h9,12-14,18,26-27,29H,2-4,6-7H2,1H3,(H,21,28)(H2,20,23,24)/t12-,13?,14+,18-/m1/s1. The van der Waals surface area contributed by atoms with Crippen LogP contribution in [0.25, 0.3) is 11.2 Å². The molecule has 4 rings (SSSR count). The second-order valence-corrected chi connectivity index (χ2v) is 7.57. The maximum absolute atomic E-state index is 12.1. The van der Waals surface area contributed by atoms with E-state index in [1.54, 1.807) is 6.92 Å². The maximum atomic E-state index is 12.1. The molecular weight excluding hydrogens is 392 g/mol. The molecule has 1 aliphatic carbocycles. The molecule has 11 nitrogen and oxygen atoms in total. The molecule has 2 fully saturated rings. The summed E-state index contributed by atoms with van der Waals surface area (Å²) in [5.41, 5.74) is 5.44. The van der Waals surface area contributed by atoms with Gasteiger partial charge in [-0.25, -0.2) is 15.0 Å². The number of aromatic nitrogens is 4. The monoisotopic (exact) mass is 416 g/mol. The molecule has 160 valence electrons. The van der Waals surface area contributed by atoms with Gasteiger partial charge in [0.15, 0.2) is 23.8 Å². The van der Waals surface area contributed by atoms with Gasteiger partial charge in [0.2, 0.25) is 5.82 Å². The zero-order chi connectivity index (χ0) is 21.5. The van der Waals surface area contributed by atoms with Crippen LogP contribution >= 0.6 is 0 Å². The lowest BCUT2D eigenvalue weighted by Gasteiger charge is -2.16. The average molecular weight is 416 g/mol. The van der Waals surface area contributed by atoms with Crippen LogP contribution in [-0.4, -0.2) is 71.2 Å². The third kappa shape index (κ3) is 3.59. The van der Waals surface area contributed by atoms with Crippen molar-refractivity contribution in [3.05, 3.63) is 12.2 Å².